The summed E-state index contributed by atoms with van der Waals surface area (Å²) in [6.45, 7) is 1.65. The maximum atomic E-state index is 13.2. The number of hydrogen-bond donors (Lipinski definition) is 2. The Bertz CT molecular complexity index is 946. The van der Waals surface area contributed by atoms with Crippen LogP contribution >= 0.6 is 11.6 Å². The molecule has 0 unspecified atom stereocenters. The van der Waals surface area contributed by atoms with E-state index in [4.69, 9.17) is 11.6 Å². The number of anilines is 2. The van der Waals surface area contributed by atoms with E-state index in [1.54, 1.807) is 6.92 Å². The molecule has 0 saturated heterocycles. The van der Waals surface area contributed by atoms with E-state index in [1.807, 2.05) is 0 Å². The maximum Gasteiger partial charge on any atom is 0.255 e. The highest BCUT2D eigenvalue weighted by atomic mass is 35.5. The lowest BCUT2D eigenvalue weighted by Gasteiger charge is -2.10. The summed E-state index contributed by atoms with van der Waals surface area (Å²) in [5, 5.41) is 2.08. The smallest absolute Gasteiger partial charge is 0.255 e. The molecule has 9 heteroatoms. The fourth-order valence-corrected chi connectivity index (χ4v) is 3.74. The number of carbonyl (C=O) groups is 1. The van der Waals surface area contributed by atoms with Crippen LogP contribution in [0.4, 0.5) is 15.9 Å². The molecule has 1 heterocycles. The zero-order valence-corrected chi connectivity index (χ0v) is 14.8. The zero-order chi connectivity index (χ0) is 18.2. The normalized spacial score (nSPS) is 14.2. The fourth-order valence-electron chi connectivity index (χ4n) is 2.24. The van der Waals surface area contributed by atoms with Gasteiger partial charge in [0.05, 0.1) is 10.3 Å². The summed E-state index contributed by atoms with van der Waals surface area (Å²) in [4.78, 5) is 16.5. The van der Waals surface area contributed by atoms with Gasteiger partial charge in [-0.2, -0.15) is 0 Å². The molecule has 0 bridgehead atoms. The van der Waals surface area contributed by atoms with Crippen molar-refractivity contribution >= 4 is 39.0 Å². The summed E-state index contributed by atoms with van der Waals surface area (Å²) >= 11 is 5.69. The molecule has 3 rings (SSSR count). The van der Waals surface area contributed by atoms with E-state index in [-0.39, 0.29) is 16.4 Å². The summed E-state index contributed by atoms with van der Waals surface area (Å²) in [5.41, 5.74) is 1.03. The first-order valence-corrected chi connectivity index (χ1v) is 9.44. The molecule has 1 aliphatic carbocycles. The number of amides is 1. The topological polar surface area (TPSA) is 88.2 Å². The molecule has 6 nitrogen and oxygen atoms in total. The first-order valence-electron chi connectivity index (χ1n) is 7.51. The summed E-state index contributed by atoms with van der Waals surface area (Å²) in [6.07, 6.45) is 1.25. The van der Waals surface area contributed by atoms with Crippen molar-refractivity contribution in [2.75, 3.05) is 10.0 Å². The summed E-state index contributed by atoms with van der Waals surface area (Å²) < 4.78 is 39.6. The number of pyridine rings is 1. The van der Waals surface area contributed by atoms with Crippen LogP contribution in [0.15, 0.2) is 30.3 Å². The largest absolute Gasteiger partial charge is 0.322 e. The number of nitrogens with zero attached hydrogens (tertiary/aromatic N) is 1. The monoisotopic (exact) mass is 383 g/mol. The first kappa shape index (κ1) is 17.6. The number of aryl methyl sites for hydroxylation is 1. The van der Waals surface area contributed by atoms with Gasteiger partial charge in [-0.15, -0.1) is 0 Å². The fraction of sp³-hybridized carbons (Fsp3) is 0.250. The first-order chi connectivity index (χ1) is 11.7. The van der Waals surface area contributed by atoms with E-state index in [1.165, 1.54) is 24.3 Å². The predicted molar refractivity (Wildman–Crippen MR) is 93.9 cm³/mol. The van der Waals surface area contributed by atoms with E-state index in [0.717, 1.165) is 6.07 Å². The Hall–Kier alpha value is -2.19. The SMILES string of the molecule is Cc1cc(C(=O)Nc2ccc(F)c(Cl)c2)cc(NS(=O)(=O)C2CC2)n1. The van der Waals surface area contributed by atoms with Gasteiger partial charge in [-0.3, -0.25) is 9.52 Å². The van der Waals surface area contributed by atoms with Crippen LogP contribution in [-0.4, -0.2) is 24.6 Å². The number of rotatable bonds is 5. The van der Waals surface area contributed by atoms with E-state index in [9.17, 15) is 17.6 Å². The minimum atomic E-state index is -3.47. The highest BCUT2D eigenvalue weighted by molar-refractivity contribution is 7.93. The van der Waals surface area contributed by atoms with E-state index < -0.39 is 27.0 Å². The molecule has 25 heavy (non-hydrogen) atoms. The Morgan fingerprint density at radius 1 is 1.28 bits per heavy atom. The van der Waals surface area contributed by atoms with Gasteiger partial charge in [0.15, 0.2) is 0 Å². The Balaban J connectivity index is 1.81. The molecular formula is C16H15ClFN3O3S. The van der Waals surface area contributed by atoms with Gasteiger partial charge < -0.3 is 5.32 Å². The molecule has 1 aromatic carbocycles. The Morgan fingerprint density at radius 2 is 2.00 bits per heavy atom. The van der Waals surface area contributed by atoms with Crippen molar-refractivity contribution in [1.29, 1.82) is 0 Å². The number of aromatic nitrogens is 1. The van der Waals surface area contributed by atoms with Crippen molar-refractivity contribution in [2.24, 2.45) is 0 Å². The van der Waals surface area contributed by atoms with Gasteiger partial charge >= 0.3 is 0 Å². The molecule has 2 N–H and O–H groups in total. The van der Waals surface area contributed by atoms with Crippen LogP contribution in [-0.2, 0) is 10.0 Å². The van der Waals surface area contributed by atoms with Crippen molar-refractivity contribution in [3.8, 4) is 0 Å². The quantitative estimate of drug-likeness (QED) is 0.828. The van der Waals surface area contributed by atoms with E-state index in [2.05, 4.69) is 15.0 Å². The molecule has 0 radical (unpaired) electrons. The lowest BCUT2D eigenvalue weighted by Crippen LogP contribution is -2.19. The summed E-state index contributed by atoms with van der Waals surface area (Å²) in [7, 11) is -3.47. The number of halogens is 2. The van der Waals surface area contributed by atoms with Crippen LogP contribution < -0.4 is 10.0 Å². The summed E-state index contributed by atoms with van der Waals surface area (Å²) in [5.74, 6) is -0.981. The van der Waals surface area contributed by atoms with Crippen LogP contribution in [0.2, 0.25) is 5.02 Å². The van der Waals surface area contributed by atoms with E-state index >= 15 is 0 Å². The van der Waals surface area contributed by atoms with Crippen LogP contribution in [0, 0.1) is 12.7 Å². The predicted octanol–water partition coefficient (Wildman–Crippen LogP) is 3.34. The van der Waals surface area contributed by atoms with Crippen LogP contribution in [0.3, 0.4) is 0 Å². The Kier molecular flexibility index (Phi) is 4.66. The lowest BCUT2D eigenvalue weighted by atomic mass is 10.2. The molecule has 1 saturated carbocycles. The van der Waals surface area contributed by atoms with Crippen molar-refractivity contribution in [2.45, 2.75) is 25.0 Å². The van der Waals surface area contributed by atoms with Gasteiger partial charge in [0.2, 0.25) is 10.0 Å². The zero-order valence-electron chi connectivity index (χ0n) is 13.2. The minimum Gasteiger partial charge on any atom is -0.322 e. The average Bonchev–Trinajstić information content (AvgIpc) is 3.35. The molecule has 1 aromatic heterocycles. The third-order valence-corrected chi connectivity index (χ3v) is 5.74. The van der Waals surface area contributed by atoms with Crippen LogP contribution in [0.5, 0.6) is 0 Å². The number of sulfonamides is 1. The molecule has 1 aliphatic rings. The van der Waals surface area contributed by atoms with Gasteiger partial charge in [-0.1, -0.05) is 11.6 Å². The third kappa shape index (κ3) is 4.26. The second-order valence-corrected chi connectivity index (χ2v) is 8.18. The average molecular weight is 384 g/mol. The second kappa shape index (κ2) is 6.61. The molecule has 1 amide bonds. The molecular weight excluding hydrogens is 369 g/mol. The number of nitrogens with one attached hydrogen (secondary N) is 2. The van der Waals surface area contributed by atoms with Gasteiger partial charge in [0.25, 0.3) is 5.91 Å². The number of carbonyl (C=O) groups excluding carboxylic acids is 1. The van der Waals surface area contributed by atoms with Gasteiger partial charge in [-0.05, 0) is 50.1 Å². The van der Waals surface area contributed by atoms with E-state index in [0.29, 0.717) is 24.2 Å². The molecule has 0 aliphatic heterocycles. The lowest BCUT2D eigenvalue weighted by molar-refractivity contribution is 0.102. The van der Waals surface area contributed by atoms with Crippen molar-refractivity contribution in [3.63, 3.8) is 0 Å². The molecule has 0 atom stereocenters. The second-order valence-electron chi connectivity index (χ2n) is 5.81. The Morgan fingerprint density at radius 3 is 2.64 bits per heavy atom. The molecule has 1 fully saturated rings. The van der Waals surface area contributed by atoms with Gasteiger partial charge in [0, 0.05) is 16.9 Å². The third-order valence-electron chi connectivity index (χ3n) is 3.60. The van der Waals surface area contributed by atoms with Crippen molar-refractivity contribution in [3.05, 3.63) is 52.4 Å². The number of benzene rings is 1. The van der Waals surface area contributed by atoms with Gasteiger partial charge in [0.1, 0.15) is 11.6 Å². The van der Waals surface area contributed by atoms with Crippen molar-refractivity contribution < 1.29 is 17.6 Å². The standard InChI is InChI=1S/C16H15ClFN3O3S/c1-9-6-10(7-15(19-9)21-25(23,24)12-3-4-12)16(22)20-11-2-5-14(18)13(17)8-11/h2,5-8,12H,3-4H2,1H3,(H,19,21)(H,20,22). The Labute approximate surface area is 149 Å². The molecule has 0 spiro atoms. The summed E-state index contributed by atoms with van der Waals surface area (Å²) in [6, 6.07) is 6.69. The number of hydrogen-bond acceptors (Lipinski definition) is 4. The molecule has 2 aromatic rings. The van der Waals surface area contributed by atoms with Crippen molar-refractivity contribution in [1.82, 2.24) is 4.98 Å². The van der Waals surface area contributed by atoms with Gasteiger partial charge in [-0.25, -0.2) is 17.8 Å². The maximum absolute atomic E-state index is 13.2. The minimum absolute atomic E-state index is 0.0918. The highest BCUT2D eigenvalue weighted by Gasteiger charge is 2.36. The van der Waals surface area contributed by atoms with Crippen LogP contribution in [0.25, 0.3) is 0 Å². The highest BCUT2D eigenvalue weighted by Crippen LogP contribution is 2.29. The molecule has 132 valence electrons. The van der Waals surface area contributed by atoms with Crippen LogP contribution in [0.1, 0.15) is 28.9 Å².